The van der Waals surface area contributed by atoms with Gasteiger partial charge in [-0.3, -0.25) is 4.79 Å². The second kappa shape index (κ2) is 4.28. The number of aromatic nitrogens is 1. The number of hydrogen-bond acceptors (Lipinski definition) is 4. The monoisotopic (exact) mass is 266 g/mol. The number of carbonyl (C=O) groups excluding carboxylic acids is 1. The van der Waals surface area contributed by atoms with Gasteiger partial charge in [0.15, 0.2) is 0 Å². The molecule has 1 aromatic heterocycles. The summed E-state index contributed by atoms with van der Waals surface area (Å²) in [6.07, 6.45) is 1.09. The molecular weight excluding hydrogens is 250 g/mol. The van der Waals surface area contributed by atoms with E-state index in [1.54, 1.807) is 0 Å². The van der Waals surface area contributed by atoms with Gasteiger partial charge in [-0.1, -0.05) is 0 Å². The molecule has 2 rings (SSSR count). The molecule has 0 unspecified atom stereocenters. The van der Waals surface area contributed by atoms with Crippen LogP contribution < -0.4 is 11.2 Å². The summed E-state index contributed by atoms with van der Waals surface area (Å²) in [5.74, 6) is -1.41. The molecule has 0 atom stereocenters. The van der Waals surface area contributed by atoms with Crippen molar-refractivity contribution in [2.45, 2.75) is 38.9 Å². The van der Waals surface area contributed by atoms with Crippen LogP contribution in [0.5, 0.6) is 0 Å². The van der Waals surface area contributed by atoms with Crippen LogP contribution in [0, 0.1) is 5.95 Å². The fourth-order valence-corrected chi connectivity index (χ4v) is 1.74. The zero-order valence-electron chi connectivity index (χ0n) is 11.4. The van der Waals surface area contributed by atoms with E-state index in [0.29, 0.717) is 0 Å². The summed E-state index contributed by atoms with van der Waals surface area (Å²) < 4.78 is 25.2. The van der Waals surface area contributed by atoms with Crippen molar-refractivity contribution in [3.05, 3.63) is 23.8 Å². The standard InChI is InChI=1S/C12H16BFN2O3/c1-11(2)12(3,4)19-13(18-11)8-5-7(10(15)17)6-16-9(8)14/h5-6H,1-4H3,(H2,15,17). The SMILES string of the molecule is CC1(C)OB(c2cc(C(N)=O)cnc2F)OC1(C)C. The lowest BCUT2D eigenvalue weighted by Gasteiger charge is -2.32. The first-order valence-electron chi connectivity index (χ1n) is 5.95. The fraction of sp³-hybridized carbons (Fsp3) is 0.500. The van der Waals surface area contributed by atoms with E-state index in [1.807, 2.05) is 27.7 Å². The van der Waals surface area contributed by atoms with E-state index in [2.05, 4.69) is 4.98 Å². The van der Waals surface area contributed by atoms with Crippen molar-refractivity contribution >= 4 is 18.5 Å². The van der Waals surface area contributed by atoms with E-state index in [0.717, 1.165) is 6.20 Å². The van der Waals surface area contributed by atoms with Gasteiger partial charge in [0.1, 0.15) is 0 Å². The molecule has 1 saturated heterocycles. The third-order valence-electron chi connectivity index (χ3n) is 3.66. The van der Waals surface area contributed by atoms with Crippen molar-refractivity contribution in [3.63, 3.8) is 0 Å². The van der Waals surface area contributed by atoms with Crippen LogP contribution >= 0.6 is 0 Å². The van der Waals surface area contributed by atoms with Gasteiger partial charge < -0.3 is 15.0 Å². The first kappa shape index (κ1) is 14.0. The highest BCUT2D eigenvalue weighted by atomic mass is 19.1. The first-order valence-corrected chi connectivity index (χ1v) is 5.95. The molecule has 1 fully saturated rings. The van der Waals surface area contributed by atoms with Crippen molar-refractivity contribution in [2.75, 3.05) is 0 Å². The molecule has 5 nitrogen and oxygen atoms in total. The summed E-state index contributed by atoms with van der Waals surface area (Å²) in [6.45, 7) is 7.43. The molecule has 0 radical (unpaired) electrons. The molecule has 2 N–H and O–H groups in total. The van der Waals surface area contributed by atoms with E-state index in [-0.39, 0.29) is 11.0 Å². The number of nitrogens with zero attached hydrogens (tertiary/aromatic N) is 1. The lowest BCUT2D eigenvalue weighted by atomic mass is 9.79. The maximum atomic E-state index is 13.8. The van der Waals surface area contributed by atoms with Crippen LogP contribution in [0.15, 0.2) is 12.3 Å². The molecule has 0 aliphatic carbocycles. The van der Waals surface area contributed by atoms with Crippen LogP contribution in [0.25, 0.3) is 0 Å². The van der Waals surface area contributed by atoms with Gasteiger partial charge in [-0.25, -0.2) is 4.98 Å². The average molecular weight is 266 g/mol. The third-order valence-corrected chi connectivity index (χ3v) is 3.66. The van der Waals surface area contributed by atoms with Crippen molar-refractivity contribution in [2.24, 2.45) is 5.73 Å². The molecule has 1 aliphatic rings. The molecule has 0 saturated carbocycles. The van der Waals surface area contributed by atoms with E-state index in [4.69, 9.17) is 15.0 Å². The van der Waals surface area contributed by atoms with Gasteiger partial charge in [-0.2, -0.15) is 4.39 Å². The smallest absolute Gasteiger partial charge is 0.399 e. The Hall–Kier alpha value is -1.47. The first-order chi connectivity index (χ1) is 8.64. The highest BCUT2D eigenvalue weighted by Crippen LogP contribution is 2.36. The van der Waals surface area contributed by atoms with Crippen molar-refractivity contribution in [1.82, 2.24) is 4.98 Å². The second-order valence-electron chi connectivity index (χ2n) is 5.56. The molecule has 0 bridgehead atoms. The minimum atomic E-state index is -0.906. The number of nitrogens with two attached hydrogens (primary N) is 1. The second-order valence-corrected chi connectivity index (χ2v) is 5.56. The third kappa shape index (κ3) is 2.35. The minimum absolute atomic E-state index is 0.0787. The average Bonchev–Trinajstić information content (AvgIpc) is 2.48. The molecule has 1 amide bonds. The summed E-state index contributed by atoms with van der Waals surface area (Å²) in [7, 11) is -0.906. The number of carbonyl (C=O) groups is 1. The van der Waals surface area contributed by atoms with E-state index in [9.17, 15) is 9.18 Å². The summed E-state index contributed by atoms with van der Waals surface area (Å²) in [5, 5.41) is 0. The predicted octanol–water partition coefficient (Wildman–Crippen LogP) is 0.619. The van der Waals surface area contributed by atoms with Gasteiger partial charge in [0.2, 0.25) is 11.9 Å². The topological polar surface area (TPSA) is 74.4 Å². The van der Waals surface area contributed by atoms with Crippen molar-refractivity contribution < 1.29 is 18.5 Å². The largest absolute Gasteiger partial charge is 0.499 e. The Bertz CT molecular complexity index is 518. The lowest BCUT2D eigenvalue weighted by Crippen LogP contribution is -2.41. The maximum absolute atomic E-state index is 13.8. The number of primary amides is 1. The summed E-state index contributed by atoms with van der Waals surface area (Å²) in [5.41, 5.74) is 4.17. The van der Waals surface area contributed by atoms with Gasteiger partial charge in [-0.05, 0) is 33.8 Å². The summed E-state index contributed by atoms with van der Waals surface area (Å²) in [6, 6.07) is 1.31. The molecule has 102 valence electrons. The number of pyridine rings is 1. The van der Waals surface area contributed by atoms with E-state index >= 15 is 0 Å². The highest BCUT2D eigenvalue weighted by molar-refractivity contribution is 6.62. The number of halogens is 1. The molecule has 7 heteroatoms. The zero-order chi connectivity index (χ0) is 14.4. The van der Waals surface area contributed by atoms with E-state index in [1.165, 1.54) is 6.07 Å². The fourth-order valence-electron chi connectivity index (χ4n) is 1.74. The van der Waals surface area contributed by atoms with Crippen LogP contribution in [0.3, 0.4) is 0 Å². The molecular formula is C12H16BFN2O3. The van der Waals surface area contributed by atoms with Crippen molar-refractivity contribution in [1.29, 1.82) is 0 Å². The zero-order valence-corrected chi connectivity index (χ0v) is 11.4. The Morgan fingerprint density at radius 2 is 1.84 bits per heavy atom. The normalized spacial score (nSPS) is 20.6. The quantitative estimate of drug-likeness (QED) is 0.629. The maximum Gasteiger partial charge on any atom is 0.499 e. The Morgan fingerprint density at radius 3 is 2.32 bits per heavy atom. The molecule has 0 aromatic carbocycles. The Labute approximate surface area is 111 Å². The van der Waals surface area contributed by atoms with Gasteiger partial charge in [0.05, 0.1) is 16.8 Å². The van der Waals surface area contributed by atoms with Crippen molar-refractivity contribution in [3.8, 4) is 0 Å². The van der Waals surface area contributed by atoms with Gasteiger partial charge in [-0.15, -0.1) is 0 Å². The predicted molar refractivity (Wildman–Crippen MR) is 68.4 cm³/mol. The Morgan fingerprint density at radius 1 is 1.32 bits per heavy atom. The van der Waals surface area contributed by atoms with Gasteiger partial charge >= 0.3 is 7.12 Å². The van der Waals surface area contributed by atoms with Crippen LogP contribution in [-0.4, -0.2) is 29.2 Å². The van der Waals surface area contributed by atoms with Crippen LogP contribution in [-0.2, 0) is 9.31 Å². The van der Waals surface area contributed by atoms with Crippen LogP contribution in [0.2, 0.25) is 0 Å². The summed E-state index contributed by atoms with van der Waals surface area (Å²) >= 11 is 0. The molecule has 2 heterocycles. The Balaban J connectivity index is 2.39. The number of amides is 1. The number of rotatable bonds is 2. The minimum Gasteiger partial charge on any atom is -0.399 e. The number of hydrogen-bond donors (Lipinski definition) is 1. The molecule has 19 heavy (non-hydrogen) atoms. The molecule has 1 aromatic rings. The summed E-state index contributed by atoms with van der Waals surface area (Å²) in [4.78, 5) is 14.6. The highest BCUT2D eigenvalue weighted by Gasteiger charge is 2.52. The van der Waals surface area contributed by atoms with Gasteiger partial charge in [0, 0.05) is 11.7 Å². The molecule has 0 spiro atoms. The molecule has 1 aliphatic heterocycles. The van der Waals surface area contributed by atoms with Crippen LogP contribution in [0.4, 0.5) is 4.39 Å². The Kier molecular flexibility index (Phi) is 3.14. The van der Waals surface area contributed by atoms with Crippen LogP contribution in [0.1, 0.15) is 38.1 Å². The van der Waals surface area contributed by atoms with Gasteiger partial charge in [0.25, 0.3) is 0 Å². The van der Waals surface area contributed by atoms with E-state index < -0.39 is 30.2 Å². The lowest BCUT2D eigenvalue weighted by molar-refractivity contribution is 0.00578.